The summed E-state index contributed by atoms with van der Waals surface area (Å²) in [5.74, 6) is 0.428. The lowest BCUT2D eigenvalue weighted by molar-refractivity contribution is 0.190. The largest absolute Gasteiger partial charge is 0.506 e. The molecule has 170 valence electrons. The van der Waals surface area contributed by atoms with Gasteiger partial charge >= 0.3 is 6.09 Å². The summed E-state index contributed by atoms with van der Waals surface area (Å²) in [4.78, 5) is 10.8. The molecular weight excluding hydrogens is 420 g/mol. The van der Waals surface area contributed by atoms with E-state index in [9.17, 15) is 18.3 Å². The van der Waals surface area contributed by atoms with Crippen LogP contribution in [0.15, 0.2) is 47.4 Å². The van der Waals surface area contributed by atoms with Crippen molar-refractivity contribution in [3.63, 3.8) is 0 Å². The van der Waals surface area contributed by atoms with Crippen LogP contribution in [0.4, 0.5) is 10.5 Å². The molecule has 2 aromatic carbocycles. The number of nitrogens with zero attached hydrogens (tertiary/aromatic N) is 1. The molecule has 0 heterocycles. The van der Waals surface area contributed by atoms with Gasteiger partial charge in [-0.2, -0.15) is 0 Å². The molecule has 8 nitrogen and oxygen atoms in total. The fourth-order valence-electron chi connectivity index (χ4n) is 3.13. The number of carboxylic acid groups (broad SMARTS) is 1. The minimum atomic E-state index is -3.91. The summed E-state index contributed by atoms with van der Waals surface area (Å²) < 4.78 is 33.0. The average Bonchev–Trinajstić information content (AvgIpc) is 2.70. The summed E-state index contributed by atoms with van der Waals surface area (Å²) in [6.45, 7) is 5.76. The number of anilines is 1. The Morgan fingerprint density at radius 2 is 1.77 bits per heavy atom. The van der Waals surface area contributed by atoms with Gasteiger partial charge in [0.15, 0.2) is 0 Å². The number of phenols is 1. The SMILES string of the molecule is COc1ccc(S(=O)(=O)N(CC(C)C)c2ccc(CCC(C)NC(=O)O)cc2O)cc1. The molecule has 2 aromatic rings. The van der Waals surface area contributed by atoms with Crippen molar-refractivity contribution in [2.24, 2.45) is 5.92 Å². The van der Waals surface area contributed by atoms with Gasteiger partial charge in [-0.25, -0.2) is 13.2 Å². The normalized spacial score (nSPS) is 12.4. The topological polar surface area (TPSA) is 116 Å². The minimum Gasteiger partial charge on any atom is -0.506 e. The maximum atomic E-state index is 13.3. The molecule has 0 aliphatic carbocycles. The molecule has 0 bridgehead atoms. The van der Waals surface area contributed by atoms with Crippen LogP contribution in [-0.4, -0.2) is 44.4 Å². The van der Waals surface area contributed by atoms with Gasteiger partial charge in [0.2, 0.25) is 0 Å². The van der Waals surface area contributed by atoms with Crippen LogP contribution in [0.3, 0.4) is 0 Å². The van der Waals surface area contributed by atoms with E-state index in [0.717, 1.165) is 5.56 Å². The second kappa shape index (κ2) is 10.4. The van der Waals surface area contributed by atoms with Gasteiger partial charge in [-0.05, 0) is 67.6 Å². The fourth-order valence-corrected chi connectivity index (χ4v) is 4.78. The van der Waals surface area contributed by atoms with Crippen molar-refractivity contribution in [3.05, 3.63) is 48.0 Å². The molecule has 0 aromatic heterocycles. The maximum Gasteiger partial charge on any atom is 0.404 e. The van der Waals surface area contributed by atoms with Crippen LogP contribution in [0.25, 0.3) is 0 Å². The fraction of sp³-hybridized carbons (Fsp3) is 0.409. The first-order chi connectivity index (χ1) is 14.5. The molecular formula is C22H30N2O6S. The molecule has 3 N–H and O–H groups in total. The zero-order chi connectivity index (χ0) is 23.2. The standard InChI is InChI=1S/C22H30N2O6S/c1-15(2)14-24(31(28,29)19-10-8-18(30-4)9-11-19)20-12-7-17(13-21(20)25)6-5-16(3)23-22(26)27/h7-13,15-16,23,25H,5-6,14H2,1-4H3,(H,26,27). The molecule has 0 saturated carbocycles. The maximum absolute atomic E-state index is 13.3. The van der Waals surface area contributed by atoms with Crippen LogP contribution in [0, 0.1) is 5.92 Å². The van der Waals surface area contributed by atoms with Gasteiger partial charge in [0.05, 0.1) is 17.7 Å². The number of sulfonamides is 1. The van der Waals surface area contributed by atoms with Crippen molar-refractivity contribution in [2.75, 3.05) is 18.0 Å². The first kappa shape index (κ1) is 24.3. The second-order valence-electron chi connectivity index (χ2n) is 7.82. The molecule has 1 atom stereocenters. The predicted octanol–water partition coefficient (Wildman–Crippen LogP) is 3.84. The monoisotopic (exact) mass is 450 g/mol. The molecule has 0 radical (unpaired) electrons. The predicted molar refractivity (Wildman–Crippen MR) is 119 cm³/mol. The smallest absolute Gasteiger partial charge is 0.404 e. The Kier molecular flexibility index (Phi) is 8.15. The molecule has 2 rings (SSSR count). The summed E-state index contributed by atoms with van der Waals surface area (Å²) in [5, 5.41) is 21.8. The van der Waals surface area contributed by atoms with E-state index in [1.54, 1.807) is 31.2 Å². The number of aromatic hydroxyl groups is 1. The minimum absolute atomic E-state index is 0.0232. The average molecular weight is 451 g/mol. The molecule has 0 saturated heterocycles. The van der Waals surface area contributed by atoms with Crippen molar-refractivity contribution in [2.45, 2.75) is 44.6 Å². The summed E-state index contributed by atoms with van der Waals surface area (Å²) in [6, 6.07) is 10.7. The molecule has 0 spiro atoms. The quantitative estimate of drug-likeness (QED) is 0.506. The van der Waals surface area contributed by atoms with Crippen molar-refractivity contribution in [1.82, 2.24) is 5.32 Å². The molecule has 1 amide bonds. The highest BCUT2D eigenvalue weighted by Gasteiger charge is 2.28. The zero-order valence-electron chi connectivity index (χ0n) is 18.2. The van der Waals surface area contributed by atoms with E-state index < -0.39 is 16.1 Å². The third-order valence-corrected chi connectivity index (χ3v) is 6.52. The van der Waals surface area contributed by atoms with Crippen LogP contribution in [0.2, 0.25) is 0 Å². The number of ether oxygens (including phenoxy) is 1. The second-order valence-corrected chi connectivity index (χ2v) is 9.68. The van der Waals surface area contributed by atoms with E-state index in [1.165, 1.54) is 29.6 Å². The highest BCUT2D eigenvalue weighted by atomic mass is 32.2. The Morgan fingerprint density at radius 3 is 2.29 bits per heavy atom. The number of methoxy groups -OCH3 is 1. The van der Waals surface area contributed by atoms with Crippen molar-refractivity contribution in [3.8, 4) is 11.5 Å². The van der Waals surface area contributed by atoms with E-state index in [2.05, 4.69) is 5.32 Å². The van der Waals surface area contributed by atoms with E-state index in [4.69, 9.17) is 9.84 Å². The van der Waals surface area contributed by atoms with Crippen molar-refractivity contribution in [1.29, 1.82) is 0 Å². The number of hydrogen-bond donors (Lipinski definition) is 3. The number of benzene rings is 2. The Balaban J connectivity index is 2.32. The highest BCUT2D eigenvalue weighted by Crippen LogP contribution is 2.34. The van der Waals surface area contributed by atoms with Crippen LogP contribution in [-0.2, 0) is 16.4 Å². The van der Waals surface area contributed by atoms with Gasteiger partial charge < -0.3 is 20.3 Å². The number of carbonyl (C=O) groups is 1. The first-order valence-electron chi connectivity index (χ1n) is 10.0. The Morgan fingerprint density at radius 1 is 1.13 bits per heavy atom. The lowest BCUT2D eigenvalue weighted by Gasteiger charge is -2.27. The van der Waals surface area contributed by atoms with Crippen LogP contribution in [0.1, 0.15) is 32.8 Å². The lowest BCUT2D eigenvalue weighted by Crippen LogP contribution is -2.34. The van der Waals surface area contributed by atoms with Crippen molar-refractivity contribution >= 4 is 21.8 Å². The Hall–Kier alpha value is -2.94. The zero-order valence-corrected chi connectivity index (χ0v) is 19.0. The van der Waals surface area contributed by atoms with Gasteiger partial charge in [-0.3, -0.25) is 4.31 Å². The molecule has 0 aliphatic heterocycles. The lowest BCUT2D eigenvalue weighted by atomic mass is 10.1. The molecule has 9 heteroatoms. The van der Waals surface area contributed by atoms with Gasteiger partial charge in [-0.1, -0.05) is 19.9 Å². The van der Waals surface area contributed by atoms with E-state index in [0.29, 0.717) is 18.6 Å². The number of rotatable bonds is 10. The molecule has 1 unspecified atom stereocenters. The van der Waals surface area contributed by atoms with Gasteiger partial charge in [-0.15, -0.1) is 0 Å². The van der Waals surface area contributed by atoms with E-state index in [1.807, 2.05) is 13.8 Å². The molecule has 0 aliphatic rings. The molecule has 0 fully saturated rings. The van der Waals surface area contributed by atoms with Crippen LogP contribution >= 0.6 is 0 Å². The number of nitrogens with one attached hydrogen (secondary N) is 1. The number of phenolic OH excluding ortho intramolecular Hbond substituents is 1. The third kappa shape index (κ3) is 6.52. The Labute approximate surface area is 183 Å². The van der Waals surface area contributed by atoms with Crippen molar-refractivity contribution < 1.29 is 28.2 Å². The van der Waals surface area contributed by atoms with Gasteiger partial charge in [0, 0.05) is 12.6 Å². The summed E-state index contributed by atoms with van der Waals surface area (Å²) in [6.07, 6.45) is -0.00547. The summed E-state index contributed by atoms with van der Waals surface area (Å²) in [7, 11) is -2.40. The van der Waals surface area contributed by atoms with Crippen LogP contribution < -0.4 is 14.4 Å². The molecule has 31 heavy (non-hydrogen) atoms. The first-order valence-corrected chi connectivity index (χ1v) is 11.5. The number of hydrogen-bond acceptors (Lipinski definition) is 5. The highest BCUT2D eigenvalue weighted by molar-refractivity contribution is 7.92. The number of aryl methyl sites for hydroxylation is 1. The Bertz CT molecular complexity index is 990. The summed E-state index contributed by atoms with van der Waals surface area (Å²) in [5.41, 5.74) is 0.983. The van der Waals surface area contributed by atoms with Crippen LogP contribution in [0.5, 0.6) is 11.5 Å². The van der Waals surface area contributed by atoms with E-state index >= 15 is 0 Å². The van der Waals surface area contributed by atoms with E-state index in [-0.39, 0.29) is 34.8 Å². The van der Waals surface area contributed by atoms with Gasteiger partial charge in [0.1, 0.15) is 11.5 Å². The third-order valence-electron chi connectivity index (χ3n) is 4.72. The van der Waals surface area contributed by atoms with Gasteiger partial charge in [0.25, 0.3) is 10.0 Å². The summed E-state index contributed by atoms with van der Waals surface area (Å²) >= 11 is 0. The number of amides is 1.